The van der Waals surface area contributed by atoms with Crippen molar-refractivity contribution >= 4 is 11.8 Å². The second kappa shape index (κ2) is 10.9. The standard InChI is InChI=1S/C19H32N2O4/c1-6-7-8-18(22)21(15(2)3)14-19(23)20(11-12-24-5)13-17-10-9-16(4)25-17/h9-10,15H,6-8,11-14H2,1-5H3. The van der Waals surface area contributed by atoms with Gasteiger partial charge in [-0.2, -0.15) is 0 Å². The Morgan fingerprint density at radius 1 is 1.24 bits per heavy atom. The zero-order chi connectivity index (χ0) is 18.8. The van der Waals surface area contributed by atoms with Crippen molar-refractivity contribution in [3.8, 4) is 0 Å². The minimum absolute atomic E-state index is 0.0107. The highest BCUT2D eigenvalue weighted by molar-refractivity contribution is 5.85. The lowest BCUT2D eigenvalue weighted by Gasteiger charge is -2.29. The predicted octanol–water partition coefficient (Wildman–Crippen LogP) is 2.99. The first-order valence-corrected chi connectivity index (χ1v) is 9.00. The molecule has 6 heteroatoms. The molecule has 0 aromatic carbocycles. The highest BCUT2D eigenvalue weighted by Gasteiger charge is 2.23. The zero-order valence-electron chi connectivity index (χ0n) is 16.2. The van der Waals surface area contributed by atoms with Gasteiger partial charge in [-0.15, -0.1) is 0 Å². The van der Waals surface area contributed by atoms with E-state index >= 15 is 0 Å². The van der Waals surface area contributed by atoms with Crippen LogP contribution in [0.5, 0.6) is 0 Å². The quantitative estimate of drug-likeness (QED) is 0.614. The number of methoxy groups -OCH3 is 1. The molecule has 0 atom stereocenters. The second-order valence-electron chi connectivity index (χ2n) is 6.54. The van der Waals surface area contributed by atoms with Gasteiger partial charge in [-0.25, -0.2) is 0 Å². The molecule has 0 saturated heterocycles. The Morgan fingerprint density at radius 2 is 1.96 bits per heavy atom. The summed E-state index contributed by atoms with van der Waals surface area (Å²) >= 11 is 0. The zero-order valence-corrected chi connectivity index (χ0v) is 16.2. The monoisotopic (exact) mass is 352 g/mol. The van der Waals surface area contributed by atoms with Gasteiger partial charge in [0, 0.05) is 26.1 Å². The molecule has 0 aliphatic carbocycles. The molecule has 1 aromatic heterocycles. The maximum atomic E-state index is 12.8. The number of hydrogen-bond acceptors (Lipinski definition) is 4. The van der Waals surface area contributed by atoms with Crippen LogP contribution >= 0.6 is 0 Å². The van der Waals surface area contributed by atoms with E-state index in [0.29, 0.717) is 26.1 Å². The topological polar surface area (TPSA) is 63.0 Å². The summed E-state index contributed by atoms with van der Waals surface area (Å²) in [5, 5.41) is 0. The van der Waals surface area contributed by atoms with E-state index in [0.717, 1.165) is 24.4 Å². The molecule has 0 bridgehead atoms. The third-order valence-corrected chi connectivity index (χ3v) is 4.05. The van der Waals surface area contributed by atoms with Crippen LogP contribution in [0.3, 0.4) is 0 Å². The lowest BCUT2D eigenvalue weighted by atomic mass is 10.2. The van der Waals surface area contributed by atoms with Crippen LogP contribution in [0.1, 0.15) is 51.6 Å². The molecule has 0 radical (unpaired) electrons. The van der Waals surface area contributed by atoms with Crippen molar-refractivity contribution < 1.29 is 18.7 Å². The molecule has 2 amide bonds. The molecule has 0 aliphatic rings. The van der Waals surface area contributed by atoms with E-state index < -0.39 is 0 Å². The highest BCUT2D eigenvalue weighted by atomic mass is 16.5. The number of hydrogen-bond donors (Lipinski definition) is 0. The van der Waals surface area contributed by atoms with Gasteiger partial charge in [0.1, 0.15) is 11.5 Å². The van der Waals surface area contributed by atoms with Gasteiger partial charge < -0.3 is 19.0 Å². The van der Waals surface area contributed by atoms with Gasteiger partial charge in [0.2, 0.25) is 11.8 Å². The Labute approximate surface area is 151 Å². The number of amides is 2. The van der Waals surface area contributed by atoms with Gasteiger partial charge in [0.05, 0.1) is 19.7 Å². The molecule has 0 N–H and O–H groups in total. The van der Waals surface area contributed by atoms with E-state index in [2.05, 4.69) is 6.92 Å². The molecule has 1 aromatic rings. The fourth-order valence-corrected chi connectivity index (χ4v) is 2.53. The average Bonchev–Trinajstić information content (AvgIpc) is 2.98. The SMILES string of the molecule is CCCCC(=O)N(CC(=O)N(CCOC)Cc1ccc(C)o1)C(C)C. The number of unbranched alkanes of at least 4 members (excludes halogenated alkanes) is 1. The number of rotatable bonds is 11. The Bertz CT molecular complexity index is 539. The minimum atomic E-state index is -0.0929. The number of nitrogens with zero attached hydrogens (tertiary/aromatic N) is 2. The van der Waals surface area contributed by atoms with Crippen molar-refractivity contribution in [1.82, 2.24) is 9.80 Å². The molecule has 0 fully saturated rings. The van der Waals surface area contributed by atoms with E-state index in [1.54, 1.807) is 16.9 Å². The van der Waals surface area contributed by atoms with Gasteiger partial charge in [-0.05, 0) is 39.3 Å². The van der Waals surface area contributed by atoms with Crippen molar-refractivity contribution in [2.24, 2.45) is 0 Å². The summed E-state index contributed by atoms with van der Waals surface area (Å²) < 4.78 is 10.7. The summed E-state index contributed by atoms with van der Waals surface area (Å²) in [4.78, 5) is 28.5. The van der Waals surface area contributed by atoms with Crippen LogP contribution in [0, 0.1) is 6.92 Å². The maximum Gasteiger partial charge on any atom is 0.242 e. The summed E-state index contributed by atoms with van der Waals surface area (Å²) in [6.45, 7) is 9.17. The molecule has 142 valence electrons. The van der Waals surface area contributed by atoms with E-state index in [1.165, 1.54) is 0 Å². The minimum Gasteiger partial charge on any atom is -0.464 e. The maximum absolute atomic E-state index is 12.8. The van der Waals surface area contributed by atoms with E-state index in [4.69, 9.17) is 9.15 Å². The van der Waals surface area contributed by atoms with Crippen molar-refractivity contribution in [3.05, 3.63) is 23.7 Å². The van der Waals surface area contributed by atoms with Crippen molar-refractivity contribution in [2.45, 2.75) is 59.5 Å². The Hall–Kier alpha value is -1.82. The number of carbonyl (C=O) groups is 2. The molecule has 0 spiro atoms. The summed E-state index contributed by atoms with van der Waals surface area (Å²) in [5.41, 5.74) is 0. The van der Waals surface area contributed by atoms with Gasteiger partial charge in [0.25, 0.3) is 0 Å². The third kappa shape index (κ3) is 7.30. The lowest BCUT2D eigenvalue weighted by Crippen LogP contribution is -2.46. The van der Waals surface area contributed by atoms with Crippen molar-refractivity contribution in [1.29, 1.82) is 0 Å². The summed E-state index contributed by atoms with van der Waals surface area (Å²) in [6, 6.07) is 3.74. The van der Waals surface area contributed by atoms with Crippen LogP contribution in [0.15, 0.2) is 16.5 Å². The Morgan fingerprint density at radius 3 is 2.48 bits per heavy atom. The molecular weight excluding hydrogens is 320 g/mol. The lowest BCUT2D eigenvalue weighted by molar-refractivity contribution is -0.142. The number of furan rings is 1. The normalized spacial score (nSPS) is 11.0. The number of ether oxygens (including phenoxy) is 1. The highest BCUT2D eigenvalue weighted by Crippen LogP contribution is 2.12. The first-order chi connectivity index (χ1) is 11.9. The third-order valence-electron chi connectivity index (χ3n) is 4.05. The van der Waals surface area contributed by atoms with Crippen LogP contribution in [0.25, 0.3) is 0 Å². The fraction of sp³-hybridized carbons (Fsp3) is 0.684. The molecule has 1 heterocycles. The summed E-state index contributed by atoms with van der Waals surface area (Å²) in [5.74, 6) is 1.48. The number of aryl methyl sites for hydroxylation is 1. The summed E-state index contributed by atoms with van der Waals surface area (Å²) in [6.07, 6.45) is 2.29. The van der Waals surface area contributed by atoms with Crippen LogP contribution in [0.2, 0.25) is 0 Å². The number of carbonyl (C=O) groups excluding carboxylic acids is 2. The van der Waals surface area contributed by atoms with Crippen LogP contribution < -0.4 is 0 Å². The predicted molar refractivity (Wildman–Crippen MR) is 97.1 cm³/mol. The molecular formula is C19H32N2O4. The molecule has 0 saturated carbocycles. The largest absolute Gasteiger partial charge is 0.464 e. The molecule has 1 rings (SSSR count). The van der Waals surface area contributed by atoms with Crippen molar-refractivity contribution in [3.63, 3.8) is 0 Å². The average molecular weight is 352 g/mol. The molecule has 6 nitrogen and oxygen atoms in total. The van der Waals surface area contributed by atoms with Gasteiger partial charge in [0.15, 0.2) is 0 Å². The Balaban J connectivity index is 2.77. The van der Waals surface area contributed by atoms with Gasteiger partial charge >= 0.3 is 0 Å². The smallest absolute Gasteiger partial charge is 0.242 e. The fourth-order valence-electron chi connectivity index (χ4n) is 2.53. The first-order valence-electron chi connectivity index (χ1n) is 9.00. The van der Waals surface area contributed by atoms with Crippen molar-refractivity contribution in [2.75, 3.05) is 26.8 Å². The second-order valence-corrected chi connectivity index (χ2v) is 6.54. The summed E-state index contributed by atoms with van der Waals surface area (Å²) in [7, 11) is 1.61. The first kappa shape index (κ1) is 21.2. The van der Waals surface area contributed by atoms with Gasteiger partial charge in [-0.1, -0.05) is 13.3 Å². The molecule has 0 aliphatic heterocycles. The van der Waals surface area contributed by atoms with Gasteiger partial charge in [-0.3, -0.25) is 9.59 Å². The molecule has 0 unspecified atom stereocenters. The van der Waals surface area contributed by atoms with Crippen LogP contribution in [-0.4, -0.2) is 54.5 Å². The van der Waals surface area contributed by atoms with E-state index in [1.807, 2.05) is 32.9 Å². The van der Waals surface area contributed by atoms with Crippen LogP contribution in [-0.2, 0) is 20.9 Å². The molecule has 25 heavy (non-hydrogen) atoms. The Kier molecular flexibility index (Phi) is 9.27. The van der Waals surface area contributed by atoms with E-state index in [9.17, 15) is 9.59 Å². The van der Waals surface area contributed by atoms with E-state index in [-0.39, 0.29) is 24.4 Å². The van der Waals surface area contributed by atoms with Crippen LogP contribution in [0.4, 0.5) is 0 Å².